The first-order valence-electron chi connectivity index (χ1n) is 7.57. The van der Waals surface area contributed by atoms with Crippen molar-refractivity contribution in [2.45, 2.75) is 18.9 Å². The molecule has 2 aliphatic rings. The third kappa shape index (κ3) is 3.44. The number of piperidine rings is 1. The van der Waals surface area contributed by atoms with Gasteiger partial charge in [0.1, 0.15) is 0 Å². The highest BCUT2D eigenvalue weighted by Gasteiger charge is 2.26. The number of anilines is 1. The first-order chi connectivity index (χ1) is 11.4. The van der Waals surface area contributed by atoms with Gasteiger partial charge in [-0.3, -0.25) is 14.9 Å². The van der Waals surface area contributed by atoms with Crippen LogP contribution >= 0.6 is 11.8 Å². The number of thioether (sulfide) groups is 1. The zero-order valence-corrected chi connectivity index (χ0v) is 13.6. The second-order valence-electron chi connectivity index (χ2n) is 5.78. The zero-order valence-electron chi connectivity index (χ0n) is 12.8. The number of nitrogens with two attached hydrogens (primary N) is 1. The molecule has 0 radical (unpaired) electrons. The molecule has 8 heteroatoms. The molecular formula is C16H17N3O4S. The monoisotopic (exact) mass is 347 g/mol. The summed E-state index contributed by atoms with van der Waals surface area (Å²) < 4.78 is 0. The second kappa shape index (κ2) is 6.66. The lowest BCUT2D eigenvalue weighted by molar-refractivity contribution is -0.115. The van der Waals surface area contributed by atoms with Crippen LogP contribution in [0.15, 0.2) is 23.1 Å². The van der Waals surface area contributed by atoms with Crippen molar-refractivity contribution in [1.82, 2.24) is 5.32 Å². The summed E-state index contributed by atoms with van der Waals surface area (Å²) in [5, 5.41) is 11.0. The van der Waals surface area contributed by atoms with Crippen molar-refractivity contribution in [2.24, 2.45) is 5.73 Å². The summed E-state index contributed by atoms with van der Waals surface area (Å²) in [7, 11) is 0. The predicted molar refractivity (Wildman–Crippen MR) is 91.9 cm³/mol. The molecule has 2 amide bonds. The number of hydrogen-bond acceptors (Lipinski definition) is 6. The van der Waals surface area contributed by atoms with E-state index in [4.69, 9.17) is 5.73 Å². The number of rotatable bonds is 3. The van der Waals surface area contributed by atoms with Crippen molar-refractivity contribution in [2.75, 3.05) is 18.0 Å². The Morgan fingerprint density at radius 3 is 2.83 bits per heavy atom. The van der Waals surface area contributed by atoms with Gasteiger partial charge in [-0.25, -0.2) is 4.79 Å². The Balaban J connectivity index is 2.02. The molecule has 1 atom stereocenters. The topological polar surface area (TPSA) is 113 Å². The van der Waals surface area contributed by atoms with Gasteiger partial charge in [-0.15, -0.1) is 0 Å². The van der Waals surface area contributed by atoms with E-state index in [1.807, 2.05) is 0 Å². The van der Waals surface area contributed by atoms with Gasteiger partial charge < -0.3 is 15.7 Å². The van der Waals surface area contributed by atoms with E-state index in [9.17, 15) is 19.5 Å². The highest BCUT2D eigenvalue weighted by Crippen LogP contribution is 2.31. The third-order valence-corrected chi connectivity index (χ3v) is 4.81. The minimum absolute atomic E-state index is 0.0594. The molecule has 2 fully saturated rings. The summed E-state index contributed by atoms with van der Waals surface area (Å²) in [6.07, 6.45) is 3.46. The Bertz CT molecular complexity index is 747. The highest BCUT2D eigenvalue weighted by atomic mass is 32.2. The molecule has 7 nitrogen and oxygen atoms in total. The van der Waals surface area contributed by atoms with Gasteiger partial charge in [0.15, 0.2) is 0 Å². The molecular weight excluding hydrogens is 330 g/mol. The van der Waals surface area contributed by atoms with Crippen molar-refractivity contribution in [3.8, 4) is 0 Å². The second-order valence-corrected chi connectivity index (χ2v) is 6.79. The fourth-order valence-corrected chi connectivity index (χ4v) is 3.56. The molecule has 2 saturated heterocycles. The molecule has 3 rings (SSSR count). The van der Waals surface area contributed by atoms with E-state index in [0.29, 0.717) is 12.1 Å². The smallest absolute Gasteiger partial charge is 0.335 e. The summed E-state index contributed by atoms with van der Waals surface area (Å²) in [5.41, 5.74) is 7.57. The van der Waals surface area contributed by atoms with Gasteiger partial charge in [-0.05, 0) is 54.4 Å². The van der Waals surface area contributed by atoms with Crippen LogP contribution in [-0.4, -0.2) is 41.4 Å². The number of nitrogens with one attached hydrogen (secondary N) is 1. The molecule has 126 valence electrons. The Morgan fingerprint density at radius 1 is 1.42 bits per heavy atom. The van der Waals surface area contributed by atoms with Crippen LogP contribution in [-0.2, 0) is 4.79 Å². The molecule has 0 aromatic heterocycles. The third-order valence-electron chi connectivity index (χ3n) is 4.00. The normalized spacial score (nSPS) is 22.8. The molecule has 0 spiro atoms. The zero-order chi connectivity index (χ0) is 17.3. The van der Waals surface area contributed by atoms with Crippen LogP contribution in [0.4, 0.5) is 10.5 Å². The quantitative estimate of drug-likeness (QED) is 0.712. The molecule has 4 N–H and O–H groups in total. The lowest BCUT2D eigenvalue weighted by Gasteiger charge is -2.33. The number of carboxylic acid groups (broad SMARTS) is 1. The number of aromatic carboxylic acids is 1. The van der Waals surface area contributed by atoms with Crippen LogP contribution in [0.5, 0.6) is 0 Å². The average Bonchev–Trinajstić information content (AvgIpc) is 2.84. The molecule has 2 heterocycles. The number of amides is 2. The van der Waals surface area contributed by atoms with Gasteiger partial charge in [0.25, 0.3) is 11.1 Å². The summed E-state index contributed by atoms with van der Waals surface area (Å²) in [6.45, 7) is 1.48. The van der Waals surface area contributed by atoms with Crippen molar-refractivity contribution in [3.63, 3.8) is 0 Å². The average molecular weight is 347 g/mol. The van der Waals surface area contributed by atoms with E-state index in [1.165, 1.54) is 12.1 Å². The molecule has 0 aliphatic carbocycles. The molecule has 0 saturated carbocycles. The molecule has 1 aromatic carbocycles. The summed E-state index contributed by atoms with van der Waals surface area (Å²) in [4.78, 5) is 36.7. The SMILES string of the molecule is N[C@@H]1CCCN(c2ccc(C(=O)O)cc2/C=C2\SC(=O)NC2=O)C1. The van der Waals surface area contributed by atoms with Crippen LogP contribution < -0.4 is 16.0 Å². The van der Waals surface area contributed by atoms with Crippen LogP contribution in [0.1, 0.15) is 28.8 Å². The number of carboxylic acids is 1. The molecule has 0 unspecified atom stereocenters. The fraction of sp³-hybridized carbons (Fsp3) is 0.312. The number of carbonyl (C=O) groups excluding carboxylic acids is 2. The van der Waals surface area contributed by atoms with Gasteiger partial charge in [0.2, 0.25) is 0 Å². The Hall–Kier alpha value is -2.32. The van der Waals surface area contributed by atoms with E-state index in [-0.39, 0.29) is 16.5 Å². The fourth-order valence-electron chi connectivity index (χ4n) is 2.88. The number of carbonyl (C=O) groups is 3. The molecule has 2 aliphatic heterocycles. The first-order valence-corrected chi connectivity index (χ1v) is 8.38. The van der Waals surface area contributed by atoms with E-state index >= 15 is 0 Å². The standard InChI is InChI=1S/C16H17N3O4S/c17-11-2-1-5-19(8-11)12-4-3-9(15(21)22)6-10(12)7-13-14(20)18-16(23)24-13/h3-4,6-7,11H,1-2,5,8,17H2,(H,21,22)(H,18,20,23)/b13-7-/t11-/m1/s1. The lowest BCUT2D eigenvalue weighted by Crippen LogP contribution is -2.43. The maximum Gasteiger partial charge on any atom is 0.335 e. The molecule has 0 bridgehead atoms. The van der Waals surface area contributed by atoms with E-state index < -0.39 is 17.1 Å². The van der Waals surface area contributed by atoms with Gasteiger partial charge in [0, 0.05) is 24.8 Å². The van der Waals surface area contributed by atoms with Gasteiger partial charge in [-0.1, -0.05) is 0 Å². The Morgan fingerprint density at radius 2 is 2.21 bits per heavy atom. The number of nitrogens with zero attached hydrogens (tertiary/aromatic N) is 1. The highest BCUT2D eigenvalue weighted by molar-refractivity contribution is 8.18. The van der Waals surface area contributed by atoms with Crippen LogP contribution in [0.25, 0.3) is 6.08 Å². The van der Waals surface area contributed by atoms with Gasteiger partial charge in [-0.2, -0.15) is 0 Å². The van der Waals surface area contributed by atoms with Crippen LogP contribution in [0, 0.1) is 0 Å². The van der Waals surface area contributed by atoms with E-state index in [1.54, 1.807) is 12.1 Å². The summed E-state index contributed by atoms with van der Waals surface area (Å²) in [5.74, 6) is -1.51. The van der Waals surface area contributed by atoms with Crippen molar-refractivity contribution in [3.05, 3.63) is 34.2 Å². The Labute approximate surface area is 142 Å². The van der Waals surface area contributed by atoms with E-state index in [2.05, 4.69) is 10.2 Å². The number of hydrogen-bond donors (Lipinski definition) is 3. The van der Waals surface area contributed by atoms with Crippen molar-refractivity contribution >= 4 is 40.6 Å². The first kappa shape index (κ1) is 16.5. The van der Waals surface area contributed by atoms with Crippen molar-refractivity contribution in [1.29, 1.82) is 0 Å². The van der Waals surface area contributed by atoms with Crippen LogP contribution in [0.2, 0.25) is 0 Å². The maximum atomic E-state index is 11.8. The van der Waals surface area contributed by atoms with Gasteiger partial charge in [0.05, 0.1) is 10.5 Å². The largest absolute Gasteiger partial charge is 0.478 e. The number of benzene rings is 1. The lowest BCUT2D eigenvalue weighted by atomic mass is 10.0. The van der Waals surface area contributed by atoms with Crippen LogP contribution in [0.3, 0.4) is 0 Å². The minimum atomic E-state index is -1.05. The maximum absolute atomic E-state index is 11.8. The molecule has 24 heavy (non-hydrogen) atoms. The van der Waals surface area contributed by atoms with E-state index in [0.717, 1.165) is 36.8 Å². The van der Waals surface area contributed by atoms with Crippen molar-refractivity contribution < 1.29 is 19.5 Å². The Kier molecular flexibility index (Phi) is 4.59. The number of imide groups is 1. The summed E-state index contributed by atoms with van der Waals surface area (Å²) >= 11 is 0.810. The summed E-state index contributed by atoms with van der Waals surface area (Å²) in [6, 6.07) is 4.84. The molecule has 1 aromatic rings. The van der Waals surface area contributed by atoms with Gasteiger partial charge >= 0.3 is 5.97 Å². The predicted octanol–water partition coefficient (Wildman–Crippen LogP) is 1.64. The minimum Gasteiger partial charge on any atom is -0.478 e.